The molecule has 11 heteroatoms. The largest absolute Gasteiger partial charge is 0.493 e. The Labute approximate surface area is 197 Å². The fourth-order valence-electron chi connectivity index (χ4n) is 3.31. The molecule has 1 aromatic heterocycles. The fourth-order valence-corrected chi connectivity index (χ4v) is 4.46. The van der Waals surface area contributed by atoms with Crippen LogP contribution in [0.25, 0.3) is 0 Å². The summed E-state index contributed by atoms with van der Waals surface area (Å²) in [5, 5.41) is 5.60. The van der Waals surface area contributed by atoms with Crippen LogP contribution in [0.1, 0.15) is 10.4 Å². The fraction of sp³-hybridized carbons (Fsp3) is 0.217. The summed E-state index contributed by atoms with van der Waals surface area (Å²) < 4.78 is 37.9. The number of carbonyl (C=O) groups is 1. The summed E-state index contributed by atoms with van der Waals surface area (Å²) in [7, 11) is -1.11. The van der Waals surface area contributed by atoms with E-state index >= 15 is 0 Å². The standard InChI is InChI=1S/C23H23N5O5S/c1-27(21-22(32-2)25-13-12-24-21)34(30,31)20-10-8-19(9-11-20)33-16-17-14-26-28(15-17)23(29)18-6-4-3-5-7-18/h3-14,17H,15-16H2,1-2H3. The van der Waals surface area contributed by atoms with Crippen LogP contribution in [-0.2, 0) is 10.0 Å². The minimum atomic E-state index is -3.89. The Hall–Kier alpha value is -3.99. The summed E-state index contributed by atoms with van der Waals surface area (Å²) in [6.45, 7) is 0.704. The van der Waals surface area contributed by atoms with Gasteiger partial charge in [0.25, 0.3) is 21.8 Å². The van der Waals surface area contributed by atoms with Gasteiger partial charge in [0, 0.05) is 37.1 Å². The number of carbonyl (C=O) groups excluding carboxylic acids is 1. The Balaban J connectivity index is 1.36. The molecule has 10 nitrogen and oxygen atoms in total. The lowest BCUT2D eigenvalue weighted by Gasteiger charge is -2.19. The highest BCUT2D eigenvalue weighted by Gasteiger charge is 2.26. The van der Waals surface area contributed by atoms with Crippen molar-refractivity contribution < 1.29 is 22.7 Å². The first-order valence-corrected chi connectivity index (χ1v) is 11.8. The lowest BCUT2D eigenvalue weighted by molar-refractivity contribution is 0.0761. The van der Waals surface area contributed by atoms with Crippen LogP contribution in [-0.4, -0.2) is 62.8 Å². The first-order valence-electron chi connectivity index (χ1n) is 10.4. The molecule has 0 aliphatic carbocycles. The van der Waals surface area contributed by atoms with Crippen molar-refractivity contribution in [1.29, 1.82) is 0 Å². The van der Waals surface area contributed by atoms with Crippen LogP contribution in [0.4, 0.5) is 5.82 Å². The number of anilines is 1. The van der Waals surface area contributed by atoms with E-state index in [1.807, 2.05) is 6.07 Å². The van der Waals surface area contributed by atoms with Crippen LogP contribution in [0, 0.1) is 5.92 Å². The van der Waals surface area contributed by atoms with Crippen LogP contribution >= 0.6 is 0 Å². The van der Waals surface area contributed by atoms with Crippen molar-refractivity contribution in [2.24, 2.45) is 11.0 Å². The summed E-state index contributed by atoms with van der Waals surface area (Å²) in [6.07, 6.45) is 4.49. The number of methoxy groups -OCH3 is 1. The molecule has 4 rings (SSSR count). The number of hydrogen-bond acceptors (Lipinski definition) is 8. The van der Waals surface area contributed by atoms with Gasteiger partial charge >= 0.3 is 0 Å². The number of nitrogens with zero attached hydrogens (tertiary/aromatic N) is 5. The molecule has 0 saturated heterocycles. The molecule has 0 fully saturated rings. The number of hydrazone groups is 1. The van der Waals surface area contributed by atoms with Crippen molar-refractivity contribution in [3.8, 4) is 11.6 Å². The van der Waals surface area contributed by atoms with Crippen molar-refractivity contribution in [2.45, 2.75) is 4.90 Å². The van der Waals surface area contributed by atoms with Crippen LogP contribution in [0.2, 0.25) is 0 Å². The Morgan fingerprint density at radius 3 is 2.50 bits per heavy atom. The highest BCUT2D eigenvalue weighted by atomic mass is 32.2. The summed E-state index contributed by atoms with van der Waals surface area (Å²) >= 11 is 0. The average molecular weight is 482 g/mol. The quantitative estimate of drug-likeness (QED) is 0.485. The summed E-state index contributed by atoms with van der Waals surface area (Å²) in [4.78, 5) is 20.6. The maximum absolute atomic E-state index is 13.0. The second-order valence-corrected chi connectivity index (χ2v) is 9.39. The van der Waals surface area contributed by atoms with Crippen LogP contribution in [0.3, 0.4) is 0 Å². The monoisotopic (exact) mass is 481 g/mol. The van der Waals surface area contributed by atoms with Crippen LogP contribution in [0.5, 0.6) is 11.6 Å². The Morgan fingerprint density at radius 1 is 1.09 bits per heavy atom. The van der Waals surface area contributed by atoms with E-state index in [2.05, 4.69) is 15.1 Å². The highest BCUT2D eigenvalue weighted by molar-refractivity contribution is 7.92. The van der Waals surface area contributed by atoms with Gasteiger partial charge in [0.05, 0.1) is 25.2 Å². The Kier molecular flexibility index (Phi) is 6.73. The van der Waals surface area contributed by atoms with Gasteiger partial charge in [0.15, 0.2) is 0 Å². The number of rotatable bonds is 8. The number of benzene rings is 2. The molecular formula is C23H23N5O5S. The van der Waals surface area contributed by atoms with E-state index in [0.29, 0.717) is 24.5 Å². The van der Waals surface area contributed by atoms with Crippen molar-refractivity contribution in [3.63, 3.8) is 0 Å². The van der Waals surface area contributed by atoms with E-state index in [-0.39, 0.29) is 28.4 Å². The summed E-state index contributed by atoms with van der Waals surface area (Å²) in [5.41, 5.74) is 0.571. The predicted molar refractivity (Wildman–Crippen MR) is 126 cm³/mol. The molecule has 2 aromatic carbocycles. The molecule has 0 bridgehead atoms. The number of ether oxygens (including phenoxy) is 2. The molecular weight excluding hydrogens is 458 g/mol. The average Bonchev–Trinajstić information content (AvgIpc) is 3.36. The van der Waals surface area contributed by atoms with Crippen LogP contribution in [0.15, 0.2) is 77.0 Å². The number of aromatic nitrogens is 2. The zero-order chi connectivity index (χ0) is 24.1. The SMILES string of the molecule is COc1nccnc1N(C)S(=O)(=O)c1ccc(OCC2C=NN(C(=O)c3ccccc3)C2)cc1. The molecule has 1 amide bonds. The Bertz CT molecular complexity index is 1280. The maximum Gasteiger partial charge on any atom is 0.273 e. The van der Waals surface area contributed by atoms with Crippen molar-refractivity contribution in [3.05, 3.63) is 72.6 Å². The summed E-state index contributed by atoms with van der Waals surface area (Å²) in [5.74, 6) is 0.441. The molecule has 3 aromatic rings. The number of sulfonamides is 1. The van der Waals surface area contributed by atoms with Gasteiger partial charge in [0.1, 0.15) is 5.75 Å². The first kappa shape index (κ1) is 23.2. The molecule has 0 radical (unpaired) electrons. The lowest BCUT2D eigenvalue weighted by atomic mass is 10.1. The van der Waals surface area contributed by atoms with Gasteiger partial charge in [-0.1, -0.05) is 18.2 Å². The van der Waals surface area contributed by atoms with Crippen molar-refractivity contribution >= 4 is 28.0 Å². The smallest absolute Gasteiger partial charge is 0.273 e. The number of hydrogen-bond donors (Lipinski definition) is 0. The number of amides is 1. The second kappa shape index (κ2) is 9.87. The minimum Gasteiger partial charge on any atom is -0.493 e. The third-order valence-corrected chi connectivity index (χ3v) is 6.93. The maximum atomic E-state index is 13.0. The van der Waals surface area contributed by atoms with Gasteiger partial charge in [-0.3, -0.25) is 4.79 Å². The van der Waals surface area contributed by atoms with Gasteiger partial charge in [-0.25, -0.2) is 27.7 Å². The van der Waals surface area contributed by atoms with Gasteiger partial charge in [-0.2, -0.15) is 5.10 Å². The van der Waals surface area contributed by atoms with Crippen molar-refractivity contribution in [1.82, 2.24) is 15.0 Å². The molecule has 1 aliphatic heterocycles. The molecule has 0 saturated carbocycles. The predicted octanol–water partition coefficient (Wildman–Crippen LogP) is 2.45. The van der Waals surface area contributed by atoms with Crippen molar-refractivity contribution in [2.75, 3.05) is 31.6 Å². The van der Waals surface area contributed by atoms with Crippen LogP contribution < -0.4 is 13.8 Å². The summed E-state index contributed by atoms with van der Waals surface area (Å²) in [6, 6.07) is 15.0. The topological polar surface area (TPSA) is 114 Å². The molecule has 1 aliphatic rings. The van der Waals surface area contributed by atoms with Gasteiger partial charge in [-0.05, 0) is 36.4 Å². The van der Waals surface area contributed by atoms with E-state index in [1.165, 1.54) is 43.7 Å². The van der Waals surface area contributed by atoms with Gasteiger partial charge in [-0.15, -0.1) is 0 Å². The normalized spacial score (nSPS) is 15.2. The van der Waals surface area contributed by atoms with E-state index in [4.69, 9.17) is 9.47 Å². The highest BCUT2D eigenvalue weighted by Crippen LogP contribution is 2.27. The van der Waals surface area contributed by atoms with Gasteiger partial charge in [0.2, 0.25) is 5.82 Å². The second-order valence-electron chi connectivity index (χ2n) is 7.42. The molecule has 0 spiro atoms. The van der Waals surface area contributed by atoms with E-state index in [1.54, 1.807) is 42.6 Å². The molecule has 2 heterocycles. The molecule has 176 valence electrons. The molecule has 0 N–H and O–H groups in total. The first-order chi connectivity index (χ1) is 16.4. The van der Waals surface area contributed by atoms with Gasteiger partial charge < -0.3 is 9.47 Å². The molecule has 1 unspecified atom stereocenters. The Morgan fingerprint density at radius 2 is 1.79 bits per heavy atom. The zero-order valence-electron chi connectivity index (χ0n) is 18.6. The molecule has 1 atom stereocenters. The van der Waals surface area contributed by atoms with E-state index in [0.717, 1.165) is 4.31 Å². The third-order valence-electron chi connectivity index (χ3n) is 5.16. The third kappa shape index (κ3) is 4.84. The van der Waals surface area contributed by atoms with E-state index < -0.39 is 10.0 Å². The lowest BCUT2D eigenvalue weighted by Crippen LogP contribution is -2.28. The zero-order valence-corrected chi connectivity index (χ0v) is 19.4. The molecule has 34 heavy (non-hydrogen) atoms. The minimum absolute atomic E-state index is 0.0668. The van der Waals surface area contributed by atoms with E-state index in [9.17, 15) is 13.2 Å².